The highest BCUT2D eigenvalue weighted by atomic mass is 16.1. The average molecular weight is 140 g/mol. The molecule has 0 aliphatic rings. The number of hydrogen-bond acceptors (Lipinski definition) is 1. The number of carbonyl (C=O) groups is 1. The molecule has 0 aliphatic carbocycles. The maximum Gasteiger partial charge on any atom is 0.155 e. The van der Waals surface area contributed by atoms with Crippen LogP contribution in [0.1, 0.15) is 33.6 Å². The van der Waals surface area contributed by atoms with E-state index in [-0.39, 0.29) is 5.78 Å². The van der Waals surface area contributed by atoms with E-state index in [0.717, 1.165) is 18.4 Å². The van der Waals surface area contributed by atoms with Gasteiger partial charge in [-0.15, -0.1) is 0 Å². The van der Waals surface area contributed by atoms with Crippen LogP contribution in [0.5, 0.6) is 0 Å². The van der Waals surface area contributed by atoms with Gasteiger partial charge in [-0.25, -0.2) is 0 Å². The summed E-state index contributed by atoms with van der Waals surface area (Å²) in [7, 11) is 0. The Hall–Kier alpha value is -0.590. The van der Waals surface area contributed by atoms with Gasteiger partial charge in [-0.3, -0.25) is 4.79 Å². The fourth-order valence-corrected chi connectivity index (χ4v) is 0.639. The minimum Gasteiger partial charge on any atom is -0.295 e. The molecule has 1 nitrogen and oxygen atoms in total. The second kappa shape index (κ2) is 4.26. The fourth-order valence-electron chi connectivity index (χ4n) is 0.639. The molecular formula is C9H16O. The maximum absolute atomic E-state index is 10.7. The van der Waals surface area contributed by atoms with Crippen molar-refractivity contribution in [1.82, 2.24) is 0 Å². The predicted molar refractivity (Wildman–Crippen MR) is 43.9 cm³/mol. The Morgan fingerprint density at radius 3 is 2.30 bits per heavy atom. The van der Waals surface area contributed by atoms with Gasteiger partial charge < -0.3 is 0 Å². The van der Waals surface area contributed by atoms with Crippen molar-refractivity contribution in [3.05, 3.63) is 12.2 Å². The van der Waals surface area contributed by atoms with Gasteiger partial charge in [-0.1, -0.05) is 20.4 Å². The van der Waals surface area contributed by atoms with Gasteiger partial charge in [0.25, 0.3) is 0 Å². The third kappa shape index (κ3) is 4.30. The minimum absolute atomic E-state index is 0.126. The highest BCUT2D eigenvalue weighted by molar-refractivity contribution is 5.92. The van der Waals surface area contributed by atoms with Crippen LogP contribution in [-0.4, -0.2) is 5.78 Å². The van der Waals surface area contributed by atoms with Crippen LogP contribution < -0.4 is 0 Å². The normalized spacial score (nSPS) is 10.0. The van der Waals surface area contributed by atoms with Crippen molar-refractivity contribution in [1.29, 1.82) is 0 Å². The number of Topliss-reactive ketones (excluding diaryl/α,β-unsaturated/α-hetero) is 1. The zero-order chi connectivity index (χ0) is 8.15. The Labute approximate surface area is 63.1 Å². The molecule has 0 N–H and O–H groups in total. The molecule has 58 valence electrons. The van der Waals surface area contributed by atoms with E-state index in [1.165, 1.54) is 0 Å². The van der Waals surface area contributed by atoms with Gasteiger partial charge in [0.2, 0.25) is 0 Å². The quantitative estimate of drug-likeness (QED) is 0.548. The molecule has 10 heavy (non-hydrogen) atoms. The summed E-state index contributed by atoms with van der Waals surface area (Å²) >= 11 is 0. The van der Waals surface area contributed by atoms with Crippen LogP contribution in [-0.2, 0) is 4.79 Å². The molecule has 0 aliphatic heterocycles. The first kappa shape index (κ1) is 9.41. The number of hydrogen-bond donors (Lipinski definition) is 0. The molecule has 0 unspecified atom stereocenters. The van der Waals surface area contributed by atoms with Gasteiger partial charge in [0.15, 0.2) is 5.78 Å². The molecule has 0 aromatic carbocycles. The Balaban J connectivity index is 3.50. The van der Waals surface area contributed by atoms with Crippen molar-refractivity contribution >= 4 is 5.78 Å². The fraction of sp³-hybridized carbons (Fsp3) is 0.667. The molecule has 1 heteroatoms. The Morgan fingerprint density at radius 1 is 1.50 bits per heavy atom. The number of ketones is 1. The maximum atomic E-state index is 10.7. The van der Waals surface area contributed by atoms with Gasteiger partial charge in [-0.2, -0.15) is 0 Å². The van der Waals surface area contributed by atoms with Gasteiger partial charge in [0.1, 0.15) is 0 Å². The average Bonchev–Trinajstić information content (AvgIpc) is 1.82. The van der Waals surface area contributed by atoms with Crippen molar-refractivity contribution in [2.45, 2.75) is 33.6 Å². The highest BCUT2D eigenvalue weighted by Crippen LogP contribution is 2.09. The Morgan fingerprint density at radius 2 is 2.00 bits per heavy atom. The zero-order valence-corrected chi connectivity index (χ0v) is 7.11. The summed E-state index contributed by atoms with van der Waals surface area (Å²) in [6, 6.07) is 0. The van der Waals surface area contributed by atoms with E-state index >= 15 is 0 Å². The first-order chi connectivity index (χ1) is 4.54. The lowest BCUT2D eigenvalue weighted by atomic mass is 10.0. The third-order valence-electron chi connectivity index (χ3n) is 1.52. The summed E-state index contributed by atoms with van der Waals surface area (Å²) in [5.41, 5.74) is 0.758. The molecule has 0 amide bonds. The molecule has 0 bridgehead atoms. The lowest BCUT2D eigenvalue weighted by Gasteiger charge is -2.03. The molecular weight excluding hydrogens is 124 g/mol. The molecule has 0 rings (SSSR count). The SMILES string of the molecule is C=C(CCC(C)C)C(C)=O. The summed E-state index contributed by atoms with van der Waals surface area (Å²) in [5.74, 6) is 0.789. The van der Waals surface area contributed by atoms with Gasteiger partial charge in [0.05, 0.1) is 0 Å². The Kier molecular flexibility index (Phi) is 4.01. The van der Waals surface area contributed by atoms with Crippen molar-refractivity contribution in [3.63, 3.8) is 0 Å². The largest absolute Gasteiger partial charge is 0.295 e. The number of allylic oxidation sites excluding steroid dienone is 1. The lowest BCUT2D eigenvalue weighted by Crippen LogP contribution is -1.96. The van der Waals surface area contributed by atoms with Crippen LogP contribution in [0.15, 0.2) is 12.2 Å². The summed E-state index contributed by atoms with van der Waals surface area (Å²) in [5, 5.41) is 0. The molecule has 0 saturated heterocycles. The standard InChI is InChI=1S/C9H16O/c1-7(2)5-6-8(3)9(4)10/h7H,3,5-6H2,1-2,4H3. The van der Waals surface area contributed by atoms with E-state index in [4.69, 9.17) is 0 Å². The predicted octanol–water partition coefficient (Wildman–Crippen LogP) is 2.57. The topological polar surface area (TPSA) is 17.1 Å². The Bertz CT molecular complexity index is 134. The van der Waals surface area contributed by atoms with Crippen molar-refractivity contribution in [3.8, 4) is 0 Å². The van der Waals surface area contributed by atoms with Crippen molar-refractivity contribution < 1.29 is 4.79 Å². The van der Waals surface area contributed by atoms with E-state index in [0.29, 0.717) is 5.92 Å². The second-order valence-electron chi connectivity index (χ2n) is 3.09. The molecule has 0 atom stereocenters. The molecule has 0 aromatic heterocycles. The van der Waals surface area contributed by atoms with Crippen LogP contribution in [0, 0.1) is 5.92 Å². The van der Waals surface area contributed by atoms with Crippen molar-refractivity contribution in [2.24, 2.45) is 5.92 Å². The van der Waals surface area contributed by atoms with Crippen LogP contribution in [0.25, 0.3) is 0 Å². The highest BCUT2D eigenvalue weighted by Gasteiger charge is 2.00. The summed E-state index contributed by atoms with van der Waals surface area (Å²) in [6.45, 7) is 9.54. The summed E-state index contributed by atoms with van der Waals surface area (Å²) in [4.78, 5) is 10.7. The zero-order valence-electron chi connectivity index (χ0n) is 7.11. The van der Waals surface area contributed by atoms with E-state index < -0.39 is 0 Å². The molecule has 0 fully saturated rings. The van der Waals surface area contributed by atoms with Gasteiger partial charge >= 0.3 is 0 Å². The number of carbonyl (C=O) groups excluding carboxylic acids is 1. The molecule has 0 saturated carbocycles. The van der Waals surface area contributed by atoms with Crippen LogP contribution in [0.3, 0.4) is 0 Å². The lowest BCUT2D eigenvalue weighted by molar-refractivity contribution is -0.113. The third-order valence-corrected chi connectivity index (χ3v) is 1.52. The summed E-state index contributed by atoms with van der Waals surface area (Å²) in [6.07, 6.45) is 1.92. The van der Waals surface area contributed by atoms with Crippen LogP contribution >= 0.6 is 0 Å². The molecule has 0 spiro atoms. The van der Waals surface area contributed by atoms with Crippen LogP contribution in [0.2, 0.25) is 0 Å². The van der Waals surface area contributed by atoms with E-state index in [1.807, 2.05) is 0 Å². The van der Waals surface area contributed by atoms with E-state index in [2.05, 4.69) is 20.4 Å². The first-order valence-corrected chi connectivity index (χ1v) is 3.72. The van der Waals surface area contributed by atoms with Gasteiger partial charge in [-0.05, 0) is 31.3 Å². The first-order valence-electron chi connectivity index (χ1n) is 3.72. The number of rotatable bonds is 4. The van der Waals surface area contributed by atoms with Gasteiger partial charge in [0, 0.05) is 0 Å². The summed E-state index contributed by atoms with van der Waals surface area (Å²) < 4.78 is 0. The molecule has 0 aromatic rings. The van der Waals surface area contributed by atoms with Crippen molar-refractivity contribution in [2.75, 3.05) is 0 Å². The monoisotopic (exact) mass is 140 g/mol. The molecule has 0 radical (unpaired) electrons. The second-order valence-corrected chi connectivity index (χ2v) is 3.09. The minimum atomic E-state index is 0.126. The van der Waals surface area contributed by atoms with E-state index in [1.54, 1.807) is 6.92 Å². The smallest absolute Gasteiger partial charge is 0.155 e. The van der Waals surface area contributed by atoms with Crippen LogP contribution in [0.4, 0.5) is 0 Å². The molecule has 0 heterocycles. The van der Waals surface area contributed by atoms with E-state index in [9.17, 15) is 4.79 Å².